The maximum Gasteiger partial charge on any atom is 0.247 e. The van der Waals surface area contributed by atoms with Gasteiger partial charge in [-0.1, -0.05) is 37.3 Å². The molecule has 0 fully saturated rings. The van der Waals surface area contributed by atoms with Crippen LogP contribution in [0.3, 0.4) is 0 Å². The van der Waals surface area contributed by atoms with Gasteiger partial charge < -0.3 is 5.73 Å². The number of aromatic nitrogens is 2. The summed E-state index contributed by atoms with van der Waals surface area (Å²) in [5, 5.41) is 4.00. The zero-order valence-electron chi connectivity index (χ0n) is 9.05. The van der Waals surface area contributed by atoms with E-state index in [1.165, 1.54) is 4.68 Å². The Kier molecular flexibility index (Phi) is 2.72. The summed E-state index contributed by atoms with van der Waals surface area (Å²) >= 11 is 0. The fourth-order valence-electron chi connectivity index (χ4n) is 1.55. The molecule has 0 saturated carbocycles. The van der Waals surface area contributed by atoms with Crippen molar-refractivity contribution >= 4 is 11.7 Å². The quantitative estimate of drug-likeness (QED) is 0.835. The number of anilines is 1. The van der Waals surface area contributed by atoms with Crippen molar-refractivity contribution in [2.24, 2.45) is 0 Å². The molecule has 4 heteroatoms. The molecule has 0 unspecified atom stereocenters. The normalized spacial score (nSPS) is 10.3. The molecule has 2 aromatic rings. The number of nitrogen functional groups attached to an aromatic ring is 1. The molecule has 0 aliphatic rings. The maximum atomic E-state index is 11.7. The van der Waals surface area contributed by atoms with Crippen molar-refractivity contribution in [2.45, 2.75) is 13.3 Å². The Morgan fingerprint density at radius 3 is 2.69 bits per heavy atom. The lowest BCUT2D eigenvalue weighted by Crippen LogP contribution is -2.12. The number of hydrogen-bond acceptors (Lipinski definition) is 3. The van der Waals surface area contributed by atoms with Crippen LogP contribution >= 0.6 is 0 Å². The van der Waals surface area contributed by atoms with E-state index in [1.807, 2.05) is 30.3 Å². The minimum absolute atomic E-state index is 0.0597. The summed E-state index contributed by atoms with van der Waals surface area (Å²) in [6.45, 7) is 1.80. The number of nitrogens with zero attached hydrogens (tertiary/aromatic N) is 2. The first-order valence-corrected chi connectivity index (χ1v) is 5.16. The molecule has 2 rings (SSSR count). The molecule has 1 aromatic carbocycles. The Morgan fingerprint density at radius 1 is 1.38 bits per heavy atom. The lowest BCUT2D eigenvalue weighted by Gasteiger charge is -2.03. The SMILES string of the molecule is CCC(=O)n1nc(N)cc1-c1ccccc1. The van der Waals surface area contributed by atoms with E-state index in [-0.39, 0.29) is 5.91 Å². The Bertz CT molecular complexity index is 502. The molecule has 2 N–H and O–H groups in total. The fraction of sp³-hybridized carbons (Fsp3) is 0.167. The Hall–Kier alpha value is -2.10. The molecular formula is C12H13N3O. The third-order valence-corrected chi connectivity index (χ3v) is 2.34. The van der Waals surface area contributed by atoms with E-state index in [9.17, 15) is 4.79 Å². The lowest BCUT2D eigenvalue weighted by molar-refractivity contribution is 0.0895. The summed E-state index contributed by atoms with van der Waals surface area (Å²) < 4.78 is 1.37. The summed E-state index contributed by atoms with van der Waals surface area (Å²) in [6, 6.07) is 11.3. The molecule has 0 bridgehead atoms. The molecule has 16 heavy (non-hydrogen) atoms. The summed E-state index contributed by atoms with van der Waals surface area (Å²) in [5.74, 6) is 0.302. The molecule has 4 nitrogen and oxygen atoms in total. The van der Waals surface area contributed by atoms with Crippen LogP contribution in [0.15, 0.2) is 36.4 Å². The second kappa shape index (κ2) is 4.18. The van der Waals surface area contributed by atoms with E-state index in [1.54, 1.807) is 13.0 Å². The van der Waals surface area contributed by atoms with Gasteiger partial charge in [-0.2, -0.15) is 4.68 Å². The molecular weight excluding hydrogens is 202 g/mol. The molecule has 82 valence electrons. The molecule has 1 heterocycles. The number of carbonyl (C=O) groups is 1. The van der Waals surface area contributed by atoms with E-state index in [2.05, 4.69) is 5.10 Å². The summed E-state index contributed by atoms with van der Waals surface area (Å²) in [4.78, 5) is 11.7. The predicted molar refractivity (Wildman–Crippen MR) is 63.0 cm³/mol. The average Bonchev–Trinajstić information content (AvgIpc) is 2.71. The summed E-state index contributed by atoms with van der Waals surface area (Å²) in [7, 11) is 0. The number of rotatable bonds is 2. The number of carbonyl (C=O) groups excluding carboxylic acids is 1. The van der Waals surface area contributed by atoms with Crippen molar-refractivity contribution in [3.8, 4) is 11.3 Å². The average molecular weight is 215 g/mol. The Balaban J connectivity index is 2.53. The third-order valence-electron chi connectivity index (χ3n) is 2.34. The van der Waals surface area contributed by atoms with E-state index in [4.69, 9.17) is 5.73 Å². The zero-order chi connectivity index (χ0) is 11.5. The first kappa shape index (κ1) is 10.4. The first-order chi connectivity index (χ1) is 7.72. The number of nitrogens with two attached hydrogens (primary N) is 1. The van der Waals surface area contributed by atoms with Gasteiger partial charge in [0.15, 0.2) is 0 Å². The van der Waals surface area contributed by atoms with E-state index in [0.717, 1.165) is 11.3 Å². The van der Waals surface area contributed by atoms with Crippen LogP contribution in [0.5, 0.6) is 0 Å². The van der Waals surface area contributed by atoms with E-state index < -0.39 is 0 Å². The van der Waals surface area contributed by atoms with Gasteiger partial charge in [0.25, 0.3) is 0 Å². The lowest BCUT2D eigenvalue weighted by atomic mass is 10.1. The van der Waals surface area contributed by atoms with Crippen LogP contribution in [0.4, 0.5) is 5.82 Å². The highest BCUT2D eigenvalue weighted by Gasteiger charge is 2.12. The van der Waals surface area contributed by atoms with Gasteiger partial charge in [-0.3, -0.25) is 4.79 Å². The highest BCUT2D eigenvalue weighted by molar-refractivity contribution is 5.83. The van der Waals surface area contributed by atoms with Crippen molar-refractivity contribution in [3.63, 3.8) is 0 Å². The highest BCUT2D eigenvalue weighted by atomic mass is 16.2. The van der Waals surface area contributed by atoms with Crippen LogP contribution in [0.2, 0.25) is 0 Å². The standard InChI is InChI=1S/C12H13N3O/c1-2-12(16)15-10(8-11(13)14-15)9-6-4-3-5-7-9/h3-8H,2H2,1H3,(H2,13,14). The topological polar surface area (TPSA) is 60.9 Å². The van der Waals surface area contributed by atoms with Gasteiger partial charge in [0, 0.05) is 18.1 Å². The van der Waals surface area contributed by atoms with Crippen LogP contribution in [-0.4, -0.2) is 15.7 Å². The monoisotopic (exact) mass is 215 g/mol. The molecule has 0 radical (unpaired) electrons. The minimum Gasteiger partial charge on any atom is -0.382 e. The van der Waals surface area contributed by atoms with E-state index in [0.29, 0.717) is 12.2 Å². The summed E-state index contributed by atoms with van der Waals surface area (Å²) in [5.41, 5.74) is 7.30. The van der Waals surface area contributed by atoms with Crippen molar-refractivity contribution in [1.29, 1.82) is 0 Å². The Labute approximate surface area is 93.7 Å². The van der Waals surface area contributed by atoms with Gasteiger partial charge in [0.1, 0.15) is 5.82 Å². The van der Waals surface area contributed by atoms with Crippen LogP contribution in [0, 0.1) is 0 Å². The van der Waals surface area contributed by atoms with Crippen LogP contribution in [0.25, 0.3) is 11.3 Å². The van der Waals surface area contributed by atoms with Gasteiger partial charge in [-0.25, -0.2) is 0 Å². The van der Waals surface area contributed by atoms with Crippen LogP contribution in [0.1, 0.15) is 18.1 Å². The Morgan fingerprint density at radius 2 is 2.06 bits per heavy atom. The van der Waals surface area contributed by atoms with Crippen molar-refractivity contribution in [2.75, 3.05) is 5.73 Å². The molecule has 0 aliphatic heterocycles. The highest BCUT2D eigenvalue weighted by Crippen LogP contribution is 2.21. The largest absolute Gasteiger partial charge is 0.382 e. The first-order valence-electron chi connectivity index (χ1n) is 5.16. The number of hydrogen-bond donors (Lipinski definition) is 1. The smallest absolute Gasteiger partial charge is 0.247 e. The van der Waals surface area contributed by atoms with Crippen LogP contribution in [-0.2, 0) is 0 Å². The van der Waals surface area contributed by atoms with E-state index >= 15 is 0 Å². The van der Waals surface area contributed by atoms with Gasteiger partial charge in [0.2, 0.25) is 5.91 Å². The van der Waals surface area contributed by atoms with Gasteiger partial charge in [-0.15, -0.1) is 5.10 Å². The second-order valence-corrected chi connectivity index (χ2v) is 3.48. The molecule has 0 amide bonds. The van der Waals surface area contributed by atoms with Gasteiger partial charge in [-0.05, 0) is 0 Å². The van der Waals surface area contributed by atoms with Crippen molar-refractivity contribution < 1.29 is 4.79 Å². The predicted octanol–water partition coefficient (Wildman–Crippen LogP) is 2.18. The molecule has 1 aromatic heterocycles. The number of benzene rings is 1. The maximum absolute atomic E-state index is 11.7. The van der Waals surface area contributed by atoms with Gasteiger partial charge >= 0.3 is 0 Å². The van der Waals surface area contributed by atoms with Crippen LogP contribution < -0.4 is 5.73 Å². The van der Waals surface area contributed by atoms with Gasteiger partial charge in [0.05, 0.1) is 5.69 Å². The van der Waals surface area contributed by atoms with Crippen molar-refractivity contribution in [1.82, 2.24) is 9.78 Å². The minimum atomic E-state index is -0.0597. The second-order valence-electron chi connectivity index (χ2n) is 3.48. The van der Waals surface area contributed by atoms with Crippen molar-refractivity contribution in [3.05, 3.63) is 36.4 Å². The summed E-state index contributed by atoms with van der Waals surface area (Å²) in [6.07, 6.45) is 0.404. The molecule has 0 atom stereocenters. The third kappa shape index (κ3) is 1.82. The molecule has 0 spiro atoms. The zero-order valence-corrected chi connectivity index (χ0v) is 9.05. The molecule has 0 aliphatic carbocycles. The molecule has 0 saturated heterocycles. The fourth-order valence-corrected chi connectivity index (χ4v) is 1.55.